The average Bonchev–Trinajstić information content (AvgIpc) is 2.30. The average molecular weight is 183 g/mol. The highest BCUT2D eigenvalue weighted by Crippen LogP contribution is 2.16. The molecule has 0 saturated heterocycles. The molecule has 2 nitrogen and oxygen atoms in total. The maximum Gasteiger partial charge on any atom is 0.0893 e. The van der Waals surface area contributed by atoms with Gasteiger partial charge >= 0.3 is 0 Å². The number of benzene rings is 1. The van der Waals surface area contributed by atoms with Crippen molar-refractivity contribution in [3.05, 3.63) is 54.2 Å². The van der Waals surface area contributed by atoms with E-state index in [0.717, 1.165) is 16.8 Å². The molecule has 0 aliphatic carbocycles. The predicted molar refractivity (Wildman–Crippen MR) is 56.4 cm³/mol. The van der Waals surface area contributed by atoms with Crippen LogP contribution in [0.1, 0.15) is 5.56 Å². The van der Waals surface area contributed by atoms with Crippen molar-refractivity contribution in [3.8, 4) is 11.3 Å². The molecule has 0 atom stereocenters. The topological polar surface area (TPSA) is 38.9 Å². The zero-order valence-corrected chi connectivity index (χ0v) is 7.77. The number of pyridine rings is 1. The van der Waals surface area contributed by atoms with E-state index in [1.165, 1.54) is 0 Å². The molecular weight excluding hydrogens is 172 g/mol. The van der Waals surface area contributed by atoms with Crippen molar-refractivity contribution in [2.75, 3.05) is 0 Å². The van der Waals surface area contributed by atoms with Gasteiger partial charge in [-0.05, 0) is 23.8 Å². The van der Waals surface area contributed by atoms with Crippen LogP contribution in [0, 0.1) is 6.20 Å². The monoisotopic (exact) mass is 183 g/mol. The summed E-state index contributed by atoms with van der Waals surface area (Å²) in [4.78, 5) is 4.16. The van der Waals surface area contributed by atoms with Gasteiger partial charge in [-0.25, -0.2) is 4.98 Å². The van der Waals surface area contributed by atoms with Crippen LogP contribution in [-0.4, -0.2) is 4.98 Å². The SMILES string of the molecule is NCc1cccc(-c2ccc[c]n2)c1. The highest BCUT2D eigenvalue weighted by Gasteiger charge is 1.98. The first-order valence-electron chi connectivity index (χ1n) is 4.52. The molecule has 2 aromatic rings. The van der Waals surface area contributed by atoms with Gasteiger partial charge in [-0.15, -0.1) is 0 Å². The molecule has 0 aliphatic heterocycles. The van der Waals surface area contributed by atoms with Crippen molar-refractivity contribution >= 4 is 0 Å². The maximum absolute atomic E-state index is 5.57. The summed E-state index contributed by atoms with van der Waals surface area (Å²) in [7, 11) is 0. The minimum atomic E-state index is 0.560. The summed E-state index contributed by atoms with van der Waals surface area (Å²) >= 11 is 0. The normalized spacial score (nSPS) is 10.1. The van der Waals surface area contributed by atoms with Crippen LogP contribution in [0.4, 0.5) is 0 Å². The molecule has 69 valence electrons. The minimum Gasteiger partial charge on any atom is -0.326 e. The summed E-state index contributed by atoms with van der Waals surface area (Å²) in [5.41, 5.74) is 8.71. The van der Waals surface area contributed by atoms with E-state index < -0.39 is 0 Å². The summed E-state index contributed by atoms with van der Waals surface area (Å²) in [6.45, 7) is 0.560. The second kappa shape index (κ2) is 4.03. The third-order valence-electron chi connectivity index (χ3n) is 2.07. The van der Waals surface area contributed by atoms with Crippen molar-refractivity contribution < 1.29 is 0 Å². The molecule has 0 aliphatic rings. The van der Waals surface area contributed by atoms with Gasteiger partial charge in [0.15, 0.2) is 0 Å². The Bertz CT molecular complexity index is 410. The molecule has 14 heavy (non-hydrogen) atoms. The number of aromatic nitrogens is 1. The van der Waals surface area contributed by atoms with E-state index in [2.05, 4.69) is 17.2 Å². The van der Waals surface area contributed by atoms with E-state index in [-0.39, 0.29) is 0 Å². The molecule has 2 heteroatoms. The van der Waals surface area contributed by atoms with Crippen molar-refractivity contribution in [3.63, 3.8) is 0 Å². The zero-order valence-electron chi connectivity index (χ0n) is 7.77. The molecule has 0 unspecified atom stereocenters. The first kappa shape index (κ1) is 8.91. The molecule has 0 saturated carbocycles. The van der Waals surface area contributed by atoms with Gasteiger partial charge in [-0.2, -0.15) is 0 Å². The van der Waals surface area contributed by atoms with E-state index in [9.17, 15) is 0 Å². The highest BCUT2D eigenvalue weighted by molar-refractivity contribution is 5.59. The zero-order chi connectivity index (χ0) is 9.80. The number of nitrogens with zero attached hydrogens (tertiary/aromatic N) is 1. The fourth-order valence-corrected chi connectivity index (χ4v) is 1.34. The molecule has 1 radical (unpaired) electrons. The third-order valence-corrected chi connectivity index (χ3v) is 2.07. The van der Waals surface area contributed by atoms with Crippen LogP contribution in [0.3, 0.4) is 0 Å². The first-order chi connectivity index (χ1) is 6.90. The summed E-state index contributed by atoms with van der Waals surface area (Å²) in [5, 5.41) is 0. The quantitative estimate of drug-likeness (QED) is 0.773. The first-order valence-corrected chi connectivity index (χ1v) is 4.52. The smallest absolute Gasteiger partial charge is 0.0893 e. The van der Waals surface area contributed by atoms with Crippen LogP contribution >= 0.6 is 0 Å². The van der Waals surface area contributed by atoms with Crippen molar-refractivity contribution in [2.45, 2.75) is 6.54 Å². The number of rotatable bonds is 2. The summed E-state index contributed by atoms with van der Waals surface area (Å²) in [5.74, 6) is 0. The molecule has 1 aromatic heterocycles. The van der Waals surface area contributed by atoms with Crippen LogP contribution in [0.5, 0.6) is 0 Å². The van der Waals surface area contributed by atoms with E-state index in [4.69, 9.17) is 5.73 Å². The fourth-order valence-electron chi connectivity index (χ4n) is 1.34. The van der Waals surface area contributed by atoms with Gasteiger partial charge in [0.05, 0.1) is 11.9 Å². The van der Waals surface area contributed by atoms with Gasteiger partial charge in [0.1, 0.15) is 0 Å². The maximum atomic E-state index is 5.57. The van der Waals surface area contributed by atoms with Crippen LogP contribution < -0.4 is 5.73 Å². The number of nitrogens with two attached hydrogens (primary N) is 1. The lowest BCUT2D eigenvalue weighted by Crippen LogP contribution is -1.96. The molecule has 2 rings (SSSR count). The van der Waals surface area contributed by atoms with Crippen LogP contribution in [0.25, 0.3) is 11.3 Å². The van der Waals surface area contributed by atoms with Gasteiger partial charge in [-0.3, -0.25) is 0 Å². The molecule has 0 bridgehead atoms. The lowest BCUT2D eigenvalue weighted by atomic mass is 10.1. The minimum absolute atomic E-state index is 0.560. The lowest BCUT2D eigenvalue weighted by Gasteiger charge is -2.01. The molecule has 0 fully saturated rings. The standard InChI is InChI=1S/C12H11N2/c13-9-10-4-3-5-11(8-10)12-6-1-2-7-14-12/h1-6,8H,9,13H2. The van der Waals surface area contributed by atoms with E-state index in [1.807, 2.05) is 30.3 Å². The number of hydrogen-bond acceptors (Lipinski definition) is 2. The van der Waals surface area contributed by atoms with E-state index in [0.29, 0.717) is 6.54 Å². The largest absolute Gasteiger partial charge is 0.326 e. The van der Waals surface area contributed by atoms with E-state index >= 15 is 0 Å². The highest BCUT2D eigenvalue weighted by atomic mass is 14.7. The summed E-state index contributed by atoms with van der Waals surface area (Å²) in [6.07, 6.45) is 2.82. The predicted octanol–water partition coefficient (Wildman–Crippen LogP) is 2.01. The van der Waals surface area contributed by atoms with Crippen molar-refractivity contribution in [1.82, 2.24) is 4.98 Å². The van der Waals surface area contributed by atoms with Crippen molar-refractivity contribution in [1.29, 1.82) is 0 Å². The molecular formula is C12H11N2. The van der Waals surface area contributed by atoms with Crippen LogP contribution in [0.15, 0.2) is 42.5 Å². The second-order valence-corrected chi connectivity index (χ2v) is 3.06. The molecule has 0 amide bonds. The Morgan fingerprint density at radius 3 is 2.86 bits per heavy atom. The second-order valence-electron chi connectivity index (χ2n) is 3.06. The Morgan fingerprint density at radius 2 is 2.14 bits per heavy atom. The van der Waals surface area contributed by atoms with Crippen LogP contribution in [-0.2, 0) is 6.54 Å². The van der Waals surface area contributed by atoms with Crippen molar-refractivity contribution in [2.24, 2.45) is 5.73 Å². The summed E-state index contributed by atoms with van der Waals surface area (Å²) < 4.78 is 0. The Kier molecular flexibility index (Phi) is 2.56. The van der Waals surface area contributed by atoms with Gasteiger partial charge in [-0.1, -0.05) is 24.3 Å². The third kappa shape index (κ3) is 1.80. The lowest BCUT2D eigenvalue weighted by molar-refractivity contribution is 1.07. The Morgan fingerprint density at radius 1 is 1.21 bits per heavy atom. The number of hydrogen-bond donors (Lipinski definition) is 1. The van der Waals surface area contributed by atoms with Crippen LogP contribution in [0.2, 0.25) is 0 Å². The van der Waals surface area contributed by atoms with E-state index in [1.54, 1.807) is 6.07 Å². The van der Waals surface area contributed by atoms with Gasteiger partial charge in [0.2, 0.25) is 0 Å². The van der Waals surface area contributed by atoms with Gasteiger partial charge < -0.3 is 5.73 Å². The van der Waals surface area contributed by atoms with Gasteiger partial charge in [0.25, 0.3) is 0 Å². The molecule has 0 spiro atoms. The Hall–Kier alpha value is -1.67. The fraction of sp³-hybridized carbons (Fsp3) is 0.0833. The molecule has 1 heterocycles. The molecule has 2 N–H and O–H groups in total. The summed E-state index contributed by atoms with van der Waals surface area (Å²) in [6, 6.07) is 13.8. The Labute approximate surface area is 83.4 Å². The Balaban J connectivity index is 2.42. The van der Waals surface area contributed by atoms with Gasteiger partial charge in [0, 0.05) is 12.1 Å². The molecule has 1 aromatic carbocycles.